The van der Waals surface area contributed by atoms with Crippen LogP contribution >= 0.6 is 0 Å². The van der Waals surface area contributed by atoms with Crippen molar-refractivity contribution < 1.29 is 31.5 Å². The van der Waals surface area contributed by atoms with Gasteiger partial charge in [0.25, 0.3) is 0 Å². The van der Waals surface area contributed by atoms with Crippen molar-refractivity contribution in [3.63, 3.8) is 0 Å². The van der Waals surface area contributed by atoms with Crippen molar-refractivity contribution in [1.29, 1.82) is 0 Å². The van der Waals surface area contributed by atoms with E-state index in [4.69, 9.17) is 4.74 Å². The first-order valence-corrected chi connectivity index (χ1v) is 13.6. The summed E-state index contributed by atoms with van der Waals surface area (Å²) in [5.74, 6) is -2.30. The van der Waals surface area contributed by atoms with E-state index < -0.39 is 33.2 Å². The summed E-state index contributed by atoms with van der Waals surface area (Å²) in [6.45, 7) is 7.17. The third-order valence-corrected chi connectivity index (χ3v) is 6.71. The second-order valence-electron chi connectivity index (χ2n) is 9.82. The first kappa shape index (κ1) is 30.0. The van der Waals surface area contributed by atoms with E-state index in [1.54, 1.807) is 38.3 Å². The lowest BCUT2D eigenvalue weighted by Crippen LogP contribution is -2.52. The topological polar surface area (TPSA) is 96.0 Å². The predicted octanol–water partition coefficient (Wildman–Crippen LogP) is 3.85. The fourth-order valence-corrected chi connectivity index (χ4v) is 4.59. The Kier molecular flexibility index (Phi) is 10.0. The molecule has 2 aromatic rings. The minimum absolute atomic E-state index is 0.0399. The van der Waals surface area contributed by atoms with Gasteiger partial charge >= 0.3 is 0 Å². The van der Waals surface area contributed by atoms with Gasteiger partial charge in [0.2, 0.25) is 21.8 Å². The highest BCUT2D eigenvalue weighted by Crippen LogP contribution is 2.22. The molecule has 0 saturated heterocycles. The quantitative estimate of drug-likeness (QED) is 0.468. The Balaban J connectivity index is 2.21. The molecule has 11 heteroatoms. The van der Waals surface area contributed by atoms with Gasteiger partial charge in [-0.25, -0.2) is 17.2 Å². The van der Waals surface area contributed by atoms with Crippen molar-refractivity contribution in [2.24, 2.45) is 0 Å². The van der Waals surface area contributed by atoms with Crippen molar-refractivity contribution in [1.82, 2.24) is 10.2 Å². The summed E-state index contributed by atoms with van der Waals surface area (Å²) in [4.78, 5) is 27.6. The Hall–Kier alpha value is -3.21. The fourth-order valence-electron chi connectivity index (χ4n) is 3.63. The number of hydrogen-bond donors (Lipinski definition) is 1. The highest BCUT2D eigenvalue weighted by molar-refractivity contribution is 7.92. The zero-order valence-electron chi connectivity index (χ0n) is 22.0. The predicted molar refractivity (Wildman–Crippen MR) is 139 cm³/mol. The highest BCUT2D eigenvalue weighted by Gasteiger charge is 2.28. The molecule has 1 N–H and O–H groups in total. The standard InChI is InChI=1S/C26H35F2N3O5S/c1-18(25(33)29-26(2,3)4)30(17-19-9-12-21(36-5)13-10-19)24(32)8-7-15-31(37(6,34)35)20-11-14-22(27)23(28)16-20/h9-14,16,18H,7-8,15,17H2,1-6H3,(H,29,33)/t18-/m1/s1. The number of carbonyl (C=O) groups excluding carboxylic acids is 2. The van der Waals surface area contributed by atoms with E-state index in [0.29, 0.717) is 5.75 Å². The zero-order chi connectivity index (χ0) is 28.0. The number of anilines is 1. The highest BCUT2D eigenvalue weighted by atomic mass is 32.2. The van der Waals surface area contributed by atoms with E-state index in [-0.39, 0.29) is 43.4 Å². The summed E-state index contributed by atoms with van der Waals surface area (Å²) in [6, 6.07) is 9.10. The SMILES string of the molecule is COc1ccc(CN(C(=O)CCCN(c2ccc(F)c(F)c2)S(C)(=O)=O)[C@H](C)C(=O)NC(C)(C)C)cc1. The molecule has 204 valence electrons. The van der Waals surface area contributed by atoms with Gasteiger partial charge in [0.1, 0.15) is 11.8 Å². The number of hydrogen-bond acceptors (Lipinski definition) is 5. The van der Waals surface area contributed by atoms with Crippen molar-refractivity contribution in [2.75, 3.05) is 24.2 Å². The maximum atomic E-state index is 13.7. The lowest BCUT2D eigenvalue weighted by Gasteiger charge is -2.32. The number of benzene rings is 2. The second-order valence-corrected chi connectivity index (χ2v) is 11.7. The van der Waals surface area contributed by atoms with Crippen LogP contribution in [0.2, 0.25) is 0 Å². The fraction of sp³-hybridized carbons (Fsp3) is 0.462. The third kappa shape index (κ3) is 8.99. The number of methoxy groups -OCH3 is 1. The summed E-state index contributed by atoms with van der Waals surface area (Å²) in [5.41, 5.74) is 0.242. The monoisotopic (exact) mass is 539 g/mol. The Morgan fingerprint density at radius 3 is 2.19 bits per heavy atom. The minimum atomic E-state index is -3.83. The zero-order valence-corrected chi connectivity index (χ0v) is 22.9. The van der Waals surface area contributed by atoms with Crippen LogP contribution in [-0.2, 0) is 26.2 Å². The van der Waals surface area contributed by atoms with Gasteiger partial charge in [-0.15, -0.1) is 0 Å². The van der Waals surface area contributed by atoms with E-state index in [2.05, 4.69) is 5.32 Å². The Morgan fingerprint density at radius 1 is 1.05 bits per heavy atom. The number of sulfonamides is 1. The van der Waals surface area contributed by atoms with Gasteiger partial charge in [-0.3, -0.25) is 13.9 Å². The summed E-state index contributed by atoms with van der Waals surface area (Å²) in [6.07, 6.45) is 0.974. The molecule has 0 saturated carbocycles. The van der Waals surface area contributed by atoms with Crippen LogP contribution in [0, 0.1) is 11.6 Å². The molecule has 8 nitrogen and oxygen atoms in total. The smallest absolute Gasteiger partial charge is 0.242 e. The van der Waals surface area contributed by atoms with Crippen molar-refractivity contribution in [3.8, 4) is 5.75 Å². The molecule has 2 rings (SSSR count). The number of amides is 2. The van der Waals surface area contributed by atoms with E-state index in [0.717, 1.165) is 34.3 Å². The van der Waals surface area contributed by atoms with Gasteiger partial charge in [-0.2, -0.15) is 0 Å². The number of nitrogens with zero attached hydrogens (tertiary/aromatic N) is 2. The molecule has 0 aliphatic heterocycles. The van der Waals surface area contributed by atoms with E-state index >= 15 is 0 Å². The van der Waals surface area contributed by atoms with Gasteiger partial charge in [0, 0.05) is 31.1 Å². The summed E-state index contributed by atoms with van der Waals surface area (Å²) in [7, 11) is -2.28. The second kappa shape index (κ2) is 12.4. The molecule has 0 fully saturated rings. The van der Waals surface area contributed by atoms with E-state index in [1.165, 1.54) is 4.90 Å². The average molecular weight is 540 g/mol. The van der Waals surface area contributed by atoms with Crippen LogP contribution in [0.3, 0.4) is 0 Å². The van der Waals surface area contributed by atoms with E-state index in [9.17, 15) is 26.8 Å². The van der Waals surface area contributed by atoms with Crippen LogP contribution in [-0.4, -0.2) is 56.6 Å². The summed E-state index contributed by atoms with van der Waals surface area (Å²) >= 11 is 0. The normalized spacial score (nSPS) is 12.5. The molecule has 1 atom stereocenters. The molecule has 2 aromatic carbocycles. The molecule has 0 heterocycles. The van der Waals surface area contributed by atoms with Gasteiger partial charge in [-0.05, 0) is 63.9 Å². The number of ether oxygens (including phenoxy) is 1. The van der Waals surface area contributed by atoms with Crippen LogP contribution < -0.4 is 14.4 Å². The lowest BCUT2D eigenvalue weighted by atomic mass is 10.1. The Morgan fingerprint density at radius 2 is 1.68 bits per heavy atom. The van der Waals surface area contributed by atoms with Crippen LogP contribution in [0.5, 0.6) is 5.75 Å². The van der Waals surface area contributed by atoms with Gasteiger partial charge in [-0.1, -0.05) is 12.1 Å². The first-order valence-electron chi connectivity index (χ1n) is 11.8. The van der Waals surface area contributed by atoms with E-state index in [1.807, 2.05) is 20.8 Å². The lowest BCUT2D eigenvalue weighted by molar-refractivity contribution is -0.141. The average Bonchev–Trinajstić information content (AvgIpc) is 2.80. The number of nitrogens with one attached hydrogen (secondary N) is 1. The molecule has 0 spiro atoms. The van der Waals surface area contributed by atoms with Crippen molar-refractivity contribution in [3.05, 3.63) is 59.7 Å². The minimum Gasteiger partial charge on any atom is -0.497 e. The van der Waals surface area contributed by atoms with Gasteiger partial charge in [0.15, 0.2) is 11.6 Å². The maximum absolute atomic E-state index is 13.7. The molecule has 0 aromatic heterocycles. The van der Waals surface area contributed by atoms with Crippen LogP contribution in [0.15, 0.2) is 42.5 Å². The number of halogens is 2. The number of rotatable bonds is 11. The molecule has 0 radical (unpaired) electrons. The molecule has 2 amide bonds. The van der Waals surface area contributed by atoms with Crippen LogP contribution in [0.4, 0.5) is 14.5 Å². The molecule has 0 unspecified atom stereocenters. The third-order valence-electron chi connectivity index (χ3n) is 5.52. The first-order chi connectivity index (χ1) is 17.1. The van der Waals surface area contributed by atoms with Crippen molar-refractivity contribution >= 4 is 27.5 Å². The molecule has 0 bridgehead atoms. The van der Waals surface area contributed by atoms with Gasteiger partial charge < -0.3 is 15.0 Å². The van der Waals surface area contributed by atoms with Crippen molar-refractivity contribution in [2.45, 2.75) is 58.7 Å². The van der Waals surface area contributed by atoms with Crippen LogP contribution in [0.25, 0.3) is 0 Å². The summed E-state index contributed by atoms with van der Waals surface area (Å²) < 4.78 is 57.8. The molecular weight excluding hydrogens is 504 g/mol. The largest absolute Gasteiger partial charge is 0.497 e. The molecule has 37 heavy (non-hydrogen) atoms. The van der Waals surface area contributed by atoms with Crippen LogP contribution in [0.1, 0.15) is 46.1 Å². The molecule has 0 aliphatic carbocycles. The Bertz CT molecular complexity index is 1200. The maximum Gasteiger partial charge on any atom is 0.242 e. The van der Waals surface area contributed by atoms with Gasteiger partial charge in [0.05, 0.1) is 19.1 Å². The number of carbonyl (C=O) groups is 2. The summed E-state index contributed by atoms with van der Waals surface area (Å²) in [5, 5.41) is 2.88. The molecular formula is C26H35F2N3O5S. The Labute approximate surface area is 217 Å². The molecule has 0 aliphatic rings.